The lowest BCUT2D eigenvalue weighted by atomic mass is 9.89. The second-order valence-corrected chi connectivity index (χ2v) is 8.66. The Hall–Kier alpha value is -3.27. The van der Waals surface area contributed by atoms with Crippen molar-refractivity contribution in [2.45, 2.75) is 32.9 Å². The zero-order valence-corrected chi connectivity index (χ0v) is 17.7. The van der Waals surface area contributed by atoms with Crippen LogP contribution in [0.5, 0.6) is 5.75 Å². The number of aryl methyl sites for hydroxylation is 1. The maximum atomic E-state index is 13.8. The molecule has 2 aliphatic heterocycles. The number of rotatable bonds is 3. The van der Waals surface area contributed by atoms with Crippen molar-refractivity contribution in [3.05, 3.63) is 83.2 Å². The second kappa shape index (κ2) is 6.63. The van der Waals surface area contributed by atoms with Crippen LogP contribution in [0.25, 0.3) is 16.8 Å². The number of benzene rings is 3. The van der Waals surface area contributed by atoms with Crippen molar-refractivity contribution < 1.29 is 9.13 Å². The Bertz CT molecular complexity index is 1180. The van der Waals surface area contributed by atoms with E-state index in [1.54, 1.807) is 7.11 Å². The minimum Gasteiger partial charge on any atom is -0.496 e. The van der Waals surface area contributed by atoms with Gasteiger partial charge in [0.25, 0.3) is 0 Å². The summed E-state index contributed by atoms with van der Waals surface area (Å²) in [4.78, 5) is 2.37. The van der Waals surface area contributed by atoms with Crippen LogP contribution in [0, 0.1) is 12.7 Å². The molecule has 0 bridgehead atoms. The molecule has 152 valence electrons. The number of nitrogens with one attached hydrogen (secondary N) is 1. The van der Waals surface area contributed by atoms with Gasteiger partial charge in [-0.2, -0.15) is 0 Å². The largest absolute Gasteiger partial charge is 0.496 e. The molecule has 1 N–H and O–H groups in total. The first-order valence-corrected chi connectivity index (χ1v) is 10.2. The van der Waals surface area contributed by atoms with E-state index in [1.165, 1.54) is 40.2 Å². The average molecular weight is 400 g/mol. The molecule has 0 spiro atoms. The van der Waals surface area contributed by atoms with Gasteiger partial charge < -0.3 is 15.0 Å². The van der Waals surface area contributed by atoms with E-state index in [4.69, 9.17) is 4.74 Å². The third kappa shape index (κ3) is 2.95. The molecule has 3 nitrogen and oxygen atoms in total. The average Bonchev–Trinajstić information content (AvgIpc) is 3.08. The molecule has 0 aliphatic carbocycles. The minimum atomic E-state index is -0.296. The Kier molecular flexibility index (Phi) is 4.14. The standard InChI is InChI=1S/C26H25FN2O/c1-16-5-8-18(9-6-16)29-15-21-19(20-10-7-17(27)13-24(20)30-4)11-12-22-25(21)23(29)14-26(2,3)28-22/h5-14,28H,15H2,1-4H3. The molecule has 5 rings (SSSR count). The molecule has 0 fully saturated rings. The van der Waals surface area contributed by atoms with Crippen LogP contribution in [0.1, 0.15) is 30.5 Å². The Morgan fingerprint density at radius 3 is 2.47 bits per heavy atom. The van der Waals surface area contributed by atoms with E-state index < -0.39 is 0 Å². The topological polar surface area (TPSA) is 24.5 Å². The van der Waals surface area contributed by atoms with Gasteiger partial charge in [-0.3, -0.25) is 0 Å². The summed E-state index contributed by atoms with van der Waals surface area (Å²) in [5.41, 5.74) is 9.05. The van der Waals surface area contributed by atoms with Crippen molar-refractivity contribution in [3.63, 3.8) is 0 Å². The van der Waals surface area contributed by atoms with Crippen molar-refractivity contribution in [2.24, 2.45) is 0 Å². The molecule has 0 atom stereocenters. The van der Waals surface area contributed by atoms with Gasteiger partial charge >= 0.3 is 0 Å². The van der Waals surface area contributed by atoms with Crippen LogP contribution >= 0.6 is 0 Å². The number of hydrogen-bond acceptors (Lipinski definition) is 3. The molecular formula is C26H25FN2O. The van der Waals surface area contributed by atoms with E-state index in [1.807, 2.05) is 6.07 Å². The van der Waals surface area contributed by atoms with E-state index in [9.17, 15) is 4.39 Å². The van der Waals surface area contributed by atoms with Gasteiger partial charge in [-0.15, -0.1) is 0 Å². The summed E-state index contributed by atoms with van der Waals surface area (Å²) >= 11 is 0. The quantitative estimate of drug-likeness (QED) is 0.552. The molecule has 0 radical (unpaired) electrons. The zero-order chi connectivity index (χ0) is 21.0. The van der Waals surface area contributed by atoms with Crippen molar-refractivity contribution in [2.75, 3.05) is 17.3 Å². The first kappa shape index (κ1) is 18.7. The molecule has 3 aromatic rings. The van der Waals surface area contributed by atoms with E-state index >= 15 is 0 Å². The SMILES string of the molecule is COc1cc(F)ccc1-c1ccc2c3c1CN(c1ccc(C)cc1)C3=CC(C)(C)N2. The highest BCUT2D eigenvalue weighted by Gasteiger charge is 2.36. The molecule has 0 unspecified atom stereocenters. The lowest BCUT2D eigenvalue weighted by Crippen LogP contribution is -2.33. The Balaban J connectivity index is 1.72. The highest BCUT2D eigenvalue weighted by molar-refractivity contribution is 5.97. The molecule has 2 aliphatic rings. The van der Waals surface area contributed by atoms with E-state index in [0.29, 0.717) is 5.75 Å². The third-order valence-electron chi connectivity index (χ3n) is 5.93. The Labute approximate surface area is 176 Å². The summed E-state index contributed by atoms with van der Waals surface area (Å²) in [6.07, 6.45) is 2.30. The Morgan fingerprint density at radius 2 is 1.73 bits per heavy atom. The number of ether oxygens (including phenoxy) is 1. The van der Waals surface area contributed by atoms with E-state index in [-0.39, 0.29) is 11.4 Å². The summed E-state index contributed by atoms with van der Waals surface area (Å²) in [5.74, 6) is 0.255. The fourth-order valence-electron chi connectivity index (χ4n) is 4.56. The minimum absolute atomic E-state index is 0.151. The zero-order valence-electron chi connectivity index (χ0n) is 17.7. The molecule has 0 amide bonds. The highest BCUT2D eigenvalue weighted by Crippen LogP contribution is 2.49. The van der Waals surface area contributed by atoms with Gasteiger partial charge in [0.1, 0.15) is 11.6 Å². The molecule has 3 aromatic carbocycles. The maximum absolute atomic E-state index is 13.8. The van der Waals surface area contributed by atoms with Gasteiger partial charge in [-0.25, -0.2) is 4.39 Å². The first-order valence-electron chi connectivity index (χ1n) is 10.2. The molecule has 0 saturated heterocycles. The molecule has 2 heterocycles. The van der Waals surface area contributed by atoms with Crippen LogP contribution in [-0.2, 0) is 6.54 Å². The number of nitrogens with zero attached hydrogens (tertiary/aromatic N) is 1. The number of anilines is 2. The van der Waals surface area contributed by atoms with Crippen molar-refractivity contribution >= 4 is 17.1 Å². The van der Waals surface area contributed by atoms with Crippen LogP contribution < -0.4 is 15.0 Å². The molecular weight excluding hydrogens is 375 g/mol. The fraction of sp³-hybridized carbons (Fsp3) is 0.231. The summed E-state index contributed by atoms with van der Waals surface area (Å²) in [7, 11) is 1.59. The summed E-state index contributed by atoms with van der Waals surface area (Å²) in [6, 6.07) is 17.7. The maximum Gasteiger partial charge on any atom is 0.129 e. The van der Waals surface area contributed by atoms with Gasteiger partial charge in [-0.1, -0.05) is 23.8 Å². The molecule has 4 heteroatoms. The van der Waals surface area contributed by atoms with Crippen molar-refractivity contribution in [1.82, 2.24) is 0 Å². The number of hydrogen-bond donors (Lipinski definition) is 1. The van der Waals surface area contributed by atoms with E-state index in [0.717, 1.165) is 23.4 Å². The van der Waals surface area contributed by atoms with Crippen molar-refractivity contribution in [3.8, 4) is 16.9 Å². The van der Waals surface area contributed by atoms with Crippen LogP contribution in [0.3, 0.4) is 0 Å². The molecule has 0 saturated carbocycles. The van der Waals surface area contributed by atoms with Crippen LogP contribution in [0.2, 0.25) is 0 Å². The van der Waals surface area contributed by atoms with Crippen LogP contribution in [-0.4, -0.2) is 12.6 Å². The lowest BCUT2D eigenvalue weighted by Gasteiger charge is -2.33. The monoisotopic (exact) mass is 400 g/mol. The smallest absolute Gasteiger partial charge is 0.129 e. The van der Waals surface area contributed by atoms with Gasteiger partial charge in [0.15, 0.2) is 0 Å². The predicted molar refractivity (Wildman–Crippen MR) is 121 cm³/mol. The molecule has 30 heavy (non-hydrogen) atoms. The summed E-state index contributed by atoms with van der Waals surface area (Å²) in [5, 5.41) is 3.65. The third-order valence-corrected chi connectivity index (χ3v) is 5.93. The van der Waals surface area contributed by atoms with Gasteiger partial charge in [0.2, 0.25) is 0 Å². The van der Waals surface area contributed by atoms with Crippen LogP contribution in [0.15, 0.2) is 60.7 Å². The van der Waals surface area contributed by atoms with E-state index in [2.05, 4.69) is 73.5 Å². The normalized spacial score (nSPS) is 16.0. The summed E-state index contributed by atoms with van der Waals surface area (Å²) < 4.78 is 19.3. The number of halogens is 1. The fourth-order valence-corrected chi connectivity index (χ4v) is 4.56. The first-order chi connectivity index (χ1) is 14.4. The lowest BCUT2D eigenvalue weighted by molar-refractivity contribution is 0.413. The Morgan fingerprint density at radius 1 is 1.00 bits per heavy atom. The second-order valence-electron chi connectivity index (χ2n) is 8.66. The molecule has 0 aromatic heterocycles. The predicted octanol–water partition coefficient (Wildman–Crippen LogP) is 6.37. The van der Waals surface area contributed by atoms with Crippen molar-refractivity contribution in [1.29, 1.82) is 0 Å². The number of methoxy groups -OCH3 is 1. The summed E-state index contributed by atoms with van der Waals surface area (Å²) in [6.45, 7) is 7.23. The van der Waals surface area contributed by atoms with Gasteiger partial charge in [-0.05, 0) is 68.3 Å². The highest BCUT2D eigenvalue weighted by atomic mass is 19.1. The van der Waals surface area contributed by atoms with Gasteiger partial charge in [0, 0.05) is 40.8 Å². The van der Waals surface area contributed by atoms with Crippen LogP contribution in [0.4, 0.5) is 15.8 Å². The van der Waals surface area contributed by atoms with Gasteiger partial charge in [0.05, 0.1) is 12.6 Å².